The number of hydrogen-bond acceptors (Lipinski definition) is 5. The normalized spacial score (nSPS) is 12.8. The van der Waals surface area contributed by atoms with Gasteiger partial charge in [0, 0.05) is 10.7 Å². The maximum absolute atomic E-state index is 12.1. The van der Waals surface area contributed by atoms with Crippen LogP contribution in [0.1, 0.15) is 13.3 Å². The lowest BCUT2D eigenvalue weighted by Gasteiger charge is -2.19. The molecule has 0 radical (unpaired) electrons. The third-order valence-corrected chi connectivity index (χ3v) is 3.85. The van der Waals surface area contributed by atoms with Gasteiger partial charge in [-0.2, -0.15) is 11.8 Å². The van der Waals surface area contributed by atoms with Crippen LogP contribution in [0.5, 0.6) is 0 Å². The maximum atomic E-state index is 12.1. The average Bonchev–Trinajstić information content (AvgIpc) is 2.50. The number of thioether (sulfide) groups is 1. The molecule has 0 spiro atoms. The number of carbonyl (C=O) groups is 3. The number of nitrogens with one attached hydrogen (secondary N) is 2. The van der Waals surface area contributed by atoms with Crippen molar-refractivity contribution < 1.29 is 19.1 Å². The summed E-state index contributed by atoms with van der Waals surface area (Å²) in [5.41, 5.74) is 5.54. The molecule has 0 unspecified atom stereocenters. The Labute approximate surface area is 149 Å². The highest BCUT2D eigenvalue weighted by atomic mass is 35.5. The molecule has 0 aliphatic rings. The number of anilines is 1. The van der Waals surface area contributed by atoms with Crippen LogP contribution in [-0.2, 0) is 14.3 Å². The Kier molecular flexibility index (Phi) is 8.42. The van der Waals surface area contributed by atoms with Crippen LogP contribution in [-0.4, -0.2) is 42.1 Å². The van der Waals surface area contributed by atoms with Crippen molar-refractivity contribution in [1.29, 1.82) is 0 Å². The number of halogens is 1. The Bertz CT molecular complexity index is 600. The van der Waals surface area contributed by atoms with Gasteiger partial charge in [-0.25, -0.2) is 9.59 Å². The number of hydrogen-bond donors (Lipinski definition) is 3. The van der Waals surface area contributed by atoms with Gasteiger partial charge in [0.25, 0.3) is 5.91 Å². The van der Waals surface area contributed by atoms with Gasteiger partial charge in [-0.1, -0.05) is 17.7 Å². The van der Waals surface area contributed by atoms with Crippen molar-refractivity contribution >= 4 is 47.0 Å². The number of urea groups is 1. The van der Waals surface area contributed by atoms with Crippen LogP contribution in [0.15, 0.2) is 24.3 Å². The van der Waals surface area contributed by atoms with Crippen molar-refractivity contribution in [3.63, 3.8) is 0 Å². The fraction of sp³-hybridized carbons (Fsp3) is 0.400. The lowest BCUT2D eigenvalue weighted by atomic mass is 10.2. The molecule has 132 valence electrons. The fourth-order valence-corrected chi connectivity index (χ4v) is 2.44. The van der Waals surface area contributed by atoms with E-state index in [1.54, 1.807) is 24.3 Å². The Hall–Kier alpha value is -1.93. The zero-order chi connectivity index (χ0) is 18.1. The van der Waals surface area contributed by atoms with Crippen LogP contribution < -0.4 is 16.4 Å². The first-order valence-electron chi connectivity index (χ1n) is 7.15. The summed E-state index contributed by atoms with van der Waals surface area (Å²) >= 11 is 7.35. The van der Waals surface area contributed by atoms with E-state index in [2.05, 4.69) is 10.6 Å². The molecular weight excluding hydrogens is 354 g/mol. The molecule has 0 aromatic heterocycles. The standard InChI is InChI=1S/C15H20ClN3O4S/c1-9(13(20)18-11-5-3-4-10(16)8-11)23-14(21)12(6-7-24-2)19-15(17)22/h3-5,8-9,12H,6-7H2,1-2H3,(H,18,20)(H3,17,19,22)/t9-,12-/m0/s1. The number of nitrogens with two attached hydrogens (primary N) is 1. The molecular formula is C15H20ClN3O4S. The average molecular weight is 374 g/mol. The molecule has 24 heavy (non-hydrogen) atoms. The van der Waals surface area contributed by atoms with Crippen molar-refractivity contribution in [2.75, 3.05) is 17.3 Å². The minimum Gasteiger partial charge on any atom is -0.451 e. The Morgan fingerprint density at radius 1 is 1.38 bits per heavy atom. The number of amides is 3. The molecule has 1 aromatic rings. The lowest BCUT2D eigenvalue weighted by Crippen LogP contribution is -2.46. The van der Waals surface area contributed by atoms with Crippen molar-refractivity contribution in [3.8, 4) is 0 Å². The molecule has 4 N–H and O–H groups in total. The summed E-state index contributed by atoms with van der Waals surface area (Å²) in [7, 11) is 0. The minimum atomic E-state index is -1.04. The highest BCUT2D eigenvalue weighted by Crippen LogP contribution is 2.15. The largest absolute Gasteiger partial charge is 0.451 e. The second kappa shape index (κ2) is 10.0. The summed E-state index contributed by atoms with van der Waals surface area (Å²) in [5, 5.41) is 5.38. The van der Waals surface area contributed by atoms with Gasteiger partial charge >= 0.3 is 12.0 Å². The van der Waals surface area contributed by atoms with E-state index in [4.69, 9.17) is 22.1 Å². The molecule has 0 saturated heterocycles. The third kappa shape index (κ3) is 7.10. The van der Waals surface area contributed by atoms with Gasteiger partial charge in [-0.15, -0.1) is 0 Å². The van der Waals surface area contributed by atoms with E-state index in [0.717, 1.165) is 0 Å². The number of ether oxygens (including phenoxy) is 1. The molecule has 0 heterocycles. The first-order chi connectivity index (χ1) is 11.3. The summed E-state index contributed by atoms with van der Waals surface area (Å²) in [4.78, 5) is 35.1. The van der Waals surface area contributed by atoms with Crippen molar-refractivity contribution in [2.24, 2.45) is 5.73 Å². The summed E-state index contributed by atoms with van der Waals surface area (Å²) in [6.07, 6.45) is 1.18. The van der Waals surface area contributed by atoms with Crippen LogP contribution in [0.2, 0.25) is 5.02 Å². The summed E-state index contributed by atoms with van der Waals surface area (Å²) in [6.45, 7) is 1.44. The van der Waals surface area contributed by atoms with E-state index in [1.807, 2.05) is 6.26 Å². The topological polar surface area (TPSA) is 111 Å². The van der Waals surface area contributed by atoms with Crippen LogP contribution >= 0.6 is 23.4 Å². The molecule has 9 heteroatoms. The Morgan fingerprint density at radius 3 is 2.67 bits per heavy atom. The quantitative estimate of drug-likeness (QED) is 0.603. The molecule has 0 fully saturated rings. The van der Waals surface area contributed by atoms with Crippen LogP contribution in [0.25, 0.3) is 0 Å². The lowest BCUT2D eigenvalue weighted by molar-refractivity contribution is -0.155. The van der Waals surface area contributed by atoms with Crippen molar-refractivity contribution in [3.05, 3.63) is 29.3 Å². The van der Waals surface area contributed by atoms with Gasteiger partial charge in [0.1, 0.15) is 6.04 Å². The Balaban J connectivity index is 2.62. The second-order valence-electron chi connectivity index (χ2n) is 4.92. The first-order valence-corrected chi connectivity index (χ1v) is 8.92. The number of primary amides is 1. The monoisotopic (exact) mass is 373 g/mol. The molecule has 0 aliphatic carbocycles. The fourth-order valence-electron chi connectivity index (χ4n) is 1.78. The molecule has 7 nitrogen and oxygen atoms in total. The molecule has 1 rings (SSSR count). The second-order valence-corrected chi connectivity index (χ2v) is 6.34. The zero-order valence-corrected chi connectivity index (χ0v) is 14.9. The van der Waals surface area contributed by atoms with Crippen molar-refractivity contribution in [2.45, 2.75) is 25.5 Å². The van der Waals surface area contributed by atoms with E-state index in [1.165, 1.54) is 18.7 Å². The first kappa shape index (κ1) is 20.1. The van der Waals surface area contributed by atoms with Gasteiger partial charge < -0.3 is 21.1 Å². The van der Waals surface area contributed by atoms with E-state index in [-0.39, 0.29) is 0 Å². The molecule has 0 saturated carbocycles. The van der Waals surface area contributed by atoms with Crippen LogP contribution in [0, 0.1) is 0 Å². The van der Waals surface area contributed by atoms with Gasteiger partial charge in [0.15, 0.2) is 6.10 Å². The van der Waals surface area contributed by atoms with E-state index in [0.29, 0.717) is 22.9 Å². The highest BCUT2D eigenvalue weighted by Gasteiger charge is 2.25. The molecule has 3 amide bonds. The number of benzene rings is 1. The highest BCUT2D eigenvalue weighted by molar-refractivity contribution is 7.98. The van der Waals surface area contributed by atoms with Gasteiger partial charge in [0.2, 0.25) is 0 Å². The number of carbonyl (C=O) groups excluding carboxylic acids is 3. The minimum absolute atomic E-state index is 0.353. The third-order valence-electron chi connectivity index (χ3n) is 2.97. The molecule has 0 bridgehead atoms. The zero-order valence-electron chi connectivity index (χ0n) is 13.4. The number of rotatable bonds is 8. The van der Waals surface area contributed by atoms with Crippen LogP contribution in [0.3, 0.4) is 0 Å². The van der Waals surface area contributed by atoms with Gasteiger partial charge in [-0.3, -0.25) is 4.79 Å². The van der Waals surface area contributed by atoms with E-state index < -0.39 is 30.1 Å². The summed E-state index contributed by atoms with van der Waals surface area (Å²) in [6, 6.07) is 4.87. The molecule has 1 aromatic carbocycles. The van der Waals surface area contributed by atoms with E-state index >= 15 is 0 Å². The predicted molar refractivity (Wildman–Crippen MR) is 95.1 cm³/mol. The maximum Gasteiger partial charge on any atom is 0.329 e. The number of esters is 1. The van der Waals surface area contributed by atoms with Gasteiger partial charge in [-0.05, 0) is 43.6 Å². The molecule has 2 atom stereocenters. The Morgan fingerprint density at radius 2 is 2.08 bits per heavy atom. The molecule has 0 aliphatic heterocycles. The van der Waals surface area contributed by atoms with Crippen molar-refractivity contribution in [1.82, 2.24) is 5.32 Å². The SMILES string of the molecule is CSCC[C@H](NC(N)=O)C(=O)O[C@@H](C)C(=O)Nc1cccc(Cl)c1. The van der Waals surface area contributed by atoms with Crippen LogP contribution in [0.4, 0.5) is 10.5 Å². The van der Waals surface area contributed by atoms with E-state index in [9.17, 15) is 14.4 Å². The summed E-state index contributed by atoms with van der Waals surface area (Å²) in [5.74, 6) is -0.590. The summed E-state index contributed by atoms with van der Waals surface area (Å²) < 4.78 is 5.11. The van der Waals surface area contributed by atoms with Gasteiger partial charge in [0.05, 0.1) is 0 Å². The smallest absolute Gasteiger partial charge is 0.329 e. The predicted octanol–water partition coefficient (Wildman–Crippen LogP) is 2.00.